The van der Waals surface area contributed by atoms with Crippen molar-refractivity contribution in [3.63, 3.8) is 0 Å². The lowest BCUT2D eigenvalue weighted by atomic mass is 10.2. The van der Waals surface area contributed by atoms with Crippen LogP contribution in [0.4, 0.5) is 0 Å². The van der Waals surface area contributed by atoms with E-state index in [-0.39, 0.29) is 28.6 Å². The number of rotatable bonds is 7. The molecule has 0 aromatic heterocycles. The molecule has 0 bridgehead atoms. The average molecular weight is 384 g/mol. The van der Waals surface area contributed by atoms with Crippen molar-refractivity contribution in [1.82, 2.24) is 4.72 Å². The summed E-state index contributed by atoms with van der Waals surface area (Å²) in [4.78, 5) is 11.4. The first-order valence-electron chi connectivity index (χ1n) is 7.40. The molecule has 0 spiro atoms. The number of nitrogens with one attached hydrogen (secondary N) is 1. The van der Waals surface area contributed by atoms with Crippen molar-refractivity contribution >= 4 is 27.6 Å². The summed E-state index contributed by atoms with van der Waals surface area (Å²) < 4.78 is 37.2. The Morgan fingerprint density at radius 3 is 2.48 bits per heavy atom. The highest BCUT2D eigenvalue weighted by Crippen LogP contribution is 2.23. The Labute approximate surface area is 151 Å². The molecule has 0 atom stereocenters. The Kier molecular flexibility index (Phi) is 6.41. The molecule has 0 saturated heterocycles. The van der Waals surface area contributed by atoms with Crippen molar-refractivity contribution in [2.75, 3.05) is 20.3 Å². The summed E-state index contributed by atoms with van der Waals surface area (Å²) >= 11 is 5.95. The van der Waals surface area contributed by atoms with Gasteiger partial charge in [-0.1, -0.05) is 29.3 Å². The fourth-order valence-electron chi connectivity index (χ4n) is 2.01. The van der Waals surface area contributed by atoms with Gasteiger partial charge in [-0.05, 0) is 37.3 Å². The molecule has 0 aliphatic rings. The molecule has 0 aliphatic heterocycles. The largest absolute Gasteiger partial charge is 0.492 e. The van der Waals surface area contributed by atoms with E-state index in [9.17, 15) is 13.2 Å². The van der Waals surface area contributed by atoms with Gasteiger partial charge in [0.2, 0.25) is 10.0 Å². The van der Waals surface area contributed by atoms with Crippen LogP contribution in [0.5, 0.6) is 5.75 Å². The molecule has 0 amide bonds. The molecule has 0 unspecified atom stereocenters. The maximum absolute atomic E-state index is 12.4. The summed E-state index contributed by atoms with van der Waals surface area (Å²) in [6.07, 6.45) is 0. The van der Waals surface area contributed by atoms with E-state index in [0.717, 1.165) is 5.56 Å². The molecule has 2 aromatic rings. The fraction of sp³-hybridized carbons (Fsp3) is 0.235. The molecule has 0 aliphatic carbocycles. The maximum atomic E-state index is 12.4. The highest BCUT2D eigenvalue weighted by molar-refractivity contribution is 7.89. The normalized spacial score (nSPS) is 11.2. The molecule has 25 heavy (non-hydrogen) atoms. The Hall–Kier alpha value is -2.09. The highest BCUT2D eigenvalue weighted by atomic mass is 35.5. The Morgan fingerprint density at radius 1 is 1.16 bits per heavy atom. The summed E-state index contributed by atoms with van der Waals surface area (Å²) in [6.45, 7) is 2.16. The Morgan fingerprint density at radius 2 is 1.84 bits per heavy atom. The number of carbonyl (C=O) groups is 1. The minimum Gasteiger partial charge on any atom is -0.492 e. The van der Waals surface area contributed by atoms with Gasteiger partial charge < -0.3 is 9.47 Å². The molecule has 0 heterocycles. The Bertz CT molecular complexity index is 850. The van der Waals surface area contributed by atoms with Gasteiger partial charge in [-0.3, -0.25) is 0 Å². The van der Waals surface area contributed by atoms with E-state index in [2.05, 4.69) is 9.46 Å². The van der Waals surface area contributed by atoms with E-state index in [1.54, 1.807) is 12.1 Å². The van der Waals surface area contributed by atoms with E-state index in [4.69, 9.17) is 16.3 Å². The predicted octanol–water partition coefficient (Wildman–Crippen LogP) is 2.79. The lowest BCUT2D eigenvalue weighted by Crippen LogP contribution is -2.28. The van der Waals surface area contributed by atoms with Gasteiger partial charge in [-0.25, -0.2) is 17.9 Å². The van der Waals surface area contributed by atoms with Crippen molar-refractivity contribution in [3.05, 3.63) is 58.6 Å². The molecule has 8 heteroatoms. The second kappa shape index (κ2) is 8.33. The van der Waals surface area contributed by atoms with Crippen LogP contribution in [0.15, 0.2) is 47.4 Å². The van der Waals surface area contributed by atoms with Gasteiger partial charge in [0.15, 0.2) is 0 Å². The zero-order chi connectivity index (χ0) is 18.4. The molecule has 2 rings (SSSR count). The van der Waals surface area contributed by atoms with Crippen LogP contribution in [0.25, 0.3) is 0 Å². The number of methoxy groups -OCH3 is 1. The summed E-state index contributed by atoms with van der Waals surface area (Å²) in [6, 6.07) is 11.3. The molecule has 0 saturated carbocycles. The predicted molar refractivity (Wildman–Crippen MR) is 94.7 cm³/mol. The van der Waals surface area contributed by atoms with Gasteiger partial charge in [-0.15, -0.1) is 0 Å². The number of esters is 1. The van der Waals surface area contributed by atoms with E-state index in [0.29, 0.717) is 5.75 Å². The number of benzene rings is 2. The van der Waals surface area contributed by atoms with Crippen LogP contribution in [-0.4, -0.2) is 34.6 Å². The monoisotopic (exact) mass is 383 g/mol. The smallest absolute Gasteiger partial charge is 0.337 e. The third-order valence-corrected chi connectivity index (χ3v) is 5.27. The third-order valence-electron chi connectivity index (χ3n) is 3.33. The number of sulfonamides is 1. The summed E-state index contributed by atoms with van der Waals surface area (Å²) in [5, 5.41) is 0.0135. The molecular weight excluding hydrogens is 366 g/mol. The molecule has 6 nitrogen and oxygen atoms in total. The first-order valence-corrected chi connectivity index (χ1v) is 9.26. The summed E-state index contributed by atoms with van der Waals surface area (Å²) in [7, 11) is -2.67. The van der Waals surface area contributed by atoms with E-state index < -0.39 is 16.0 Å². The molecule has 134 valence electrons. The maximum Gasteiger partial charge on any atom is 0.337 e. The van der Waals surface area contributed by atoms with Crippen LogP contribution in [-0.2, 0) is 14.8 Å². The quantitative estimate of drug-likeness (QED) is 0.587. The minimum atomic E-state index is -3.89. The lowest BCUT2D eigenvalue weighted by molar-refractivity contribution is 0.0600. The summed E-state index contributed by atoms with van der Waals surface area (Å²) in [5.41, 5.74) is 1.20. The zero-order valence-electron chi connectivity index (χ0n) is 13.8. The van der Waals surface area contributed by atoms with Crippen LogP contribution in [0.2, 0.25) is 5.02 Å². The van der Waals surface area contributed by atoms with Crippen molar-refractivity contribution in [2.24, 2.45) is 0 Å². The van der Waals surface area contributed by atoms with E-state index >= 15 is 0 Å². The van der Waals surface area contributed by atoms with Crippen molar-refractivity contribution in [2.45, 2.75) is 11.8 Å². The standard InChI is InChI=1S/C17H18ClNO5S/c1-12-3-6-14(7-4-12)24-10-9-19-25(21,22)16-11-13(17(20)23-2)5-8-15(16)18/h3-8,11,19H,9-10H2,1-2H3. The van der Waals surface area contributed by atoms with Gasteiger partial charge in [0, 0.05) is 6.54 Å². The van der Waals surface area contributed by atoms with Crippen molar-refractivity contribution < 1.29 is 22.7 Å². The molecule has 0 radical (unpaired) electrons. The van der Waals surface area contributed by atoms with Gasteiger partial charge in [0.1, 0.15) is 17.3 Å². The SMILES string of the molecule is COC(=O)c1ccc(Cl)c(S(=O)(=O)NCCOc2ccc(C)cc2)c1. The van der Waals surface area contributed by atoms with Crippen molar-refractivity contribution in [3.8, 4) is 5.75 Å². The number of hydrogen-bond donors (Lipinski definition) is 1. The van der Waals surface area contributed by atoms with E-state index in [1.165, 1.54) is 25.3 Å². The van der Waals surface area contributed by atoms with Crippen molar-refractivity contribution in [1.29, 1.82) is 0 Å². The zero-order valence-corrected chi connectivity index (χ0v) is 15.4. The minimum absolute atomic E-state index is 0.0135. The lowest BCUT2D eigenvalue weighted by Gasteiger charge is -2.11. The fourth-order valence-corrected chi connectivity index (χ4v) is 3.55. The number of aryl methyl sites for hydroxylation is 1. The summed E-state index contributed by atoms with van der Waals surface area (Å²) in [5.74, 6) is 0.00587. The van der Waals surface area contributed by atoms with Gasteiger partial charge in [0.05, 0.1) is 17.7 Å². The third kappa shape index (κ3) is 5.19. The Balaban J connectivity index is 2.01. The molecule has 0 fully saturated rings. The highest BCUT2D eigenvalue weighted by Gasteiger charge is 2.20. The van der Waals surface area contributed by atoms with Crippen LogP contribution in [0, 0.1) is 6.92 Å². The van der Waals surface area contributed by atoms with Crippen LogP contribution in [0.3, 0.4) is 0 Å². The average Bonchev–Trinajstić information content (AvgIpc) is 2.60. The molecule has 1 N–H and O–H groups in total. The molecular formula is C17H18ClNO5S. The molecule has 2 aromatic carbocycles. The first kappa shape index (κ1) is 19.2. The van der Waals surface area contributed by atoms with Crippen LogP contribution in [0.1, 0.15) is 15.9 Å². The second-order valence-electron chi connectivity index (χ2n) is 5.20. The van der Waals surface area contributed by atoms with Gasteiger partial charge >= 0.3 is 5.97 Å². The van der Waals surface area contributed by atoms with Crippen LogP contribution < -0.4 is 9.46 Å². The number of hydrogen-bond acceptors (Lipinski definition) is 5. The second-order valence-corrected chi connectivity index (χ2v) is 7.34. The van der Waals surface area contributed by atoms with Crippen LogP contribution >= 0.6 is 11.6 Å². The van der Waals surface area contributed by atoms with Gasteiger partial charge in [0.25, 0.3) is 0 Å². The number of ether oxygens (including phenoxy) is 2. The topological polar surface area (TPSA) is 81.7 Å². The first-order chi connectivity index (χ1) is 11.8. The van der Waals surface area contributed by atoms with E-state index in [1.807, 2.05) is 19.1 Å². The number of carbonyl (C=O) groups excluding carboxylic acids is 1. The number of halogens is 1. The van der Waals surface area contributed by atoms with Gasteiger partial charge in [-0.2, -0.15) is 0 Å².